The molecule has 12 nitrogen and oxygen atoms in total. The van der Waals surface area contributed by atoms with Gasteiger partial charge in [-0.3, -0.25) is 9.36 Å². The highest BCUT2D eigenvalue weighted by atomic mass is 15.3. The Kier molecular flexibility index (Phi) is 6.74. The van der Waals surface area contributed by atoms with Crippen molar-refractivity contribution in [3.8, 4) is 0 Å². The van der Waals surface area contributed by atoms with E-state index >= 15 is 0 Å². The summed E-state index contributed by atoms with van der Waals surface area (Å²) in [6, 6.07) is 5.76. The number of aryl methyl sites for hydroxylation is 4. The van der Waals surface area contributed by atoms with E-state index in [0.29, 0.717) is 0 Å². The average Bonchev–Trinajstić information content (AvgIpc) is 3.70. The van der Waals surface area contributed by atoms with E-state index < -0.39 is 0 Å². The predicted octanol–water partition coefficient (Wildman–Crippen LogP) is 1.87. The van der Waals surface area contributed by atoms with Crippen molar-refractivity contribution in [3.63, 3.8) is 0 Å². The Bertz CT molecular complexity index is 1270. The summed E-state index contributed by atoms with van der Waals surface area (Å²) in [4.78, 5) is 16.1. The molecule has 5 aromatic heterocycles. The van der Waals surface area contributed by atoms with Crippen LogP contribution in [-0.4, -0.2) is 58.9 Å². The summed E-state index contributed by atoms with van der Waals surface area (Å²) >= 11 is 0. The lowest BCUT2D eigenvalue weighted by atomic mass is 10.2. The molecule has 3 aliphatic heterocycles. The molecule has 174 valence electrons. The highest BCUT2D eigenvalue weighted by Crippen LogP contribution is 2.09. The molecule has 0 aromatic carbocycles. The number of allylic oxidation sites excluding steroid dienone is 1. The molecule has 0 unspecified atom stereocenters. The first-order valence-electron chi connectivity index (χ1n) is 11.4. The SMILES string of the molecule is C1=Cc2ncnn2C1.c1ccn2ncnc2c1.c1nc2n(n1)CCC2.c1nc2n(n1)CCCC2. The molecule has 5 aromatic rings. The zero-order valence-corrected chi connectivity index (χ0v) is 18.8. The quantitative estimate of drug-likeness (QED) is 0.345. The Labute approximate surface area is 196 Å². The number of pyridine rings is 1. The van der Waals surface area contributed by atoms with Gasteiger partial charge in [-0.05, 0) is 37.5 Å². The van der Waals surface area contributed by atoms with Crippen LogP contribution in [-0.2, 0) is 32.5 Å². The standard InChI is InChI=1S/C6H9N3.C6H5N3.C5H7N3.C5H5N3/c2*1-2-4-9-6(3-1)7-5-8-9;2*1-2-5-6-4-7-8(5)3-1/h5H,1-4H2;1-5H;4H,1-3H2;1-2,4H,3H2. The van der Waals surface area contributed by atoms with Crippen molar-refractivity contribution in [1.82, 2.24) is 58.9 Å². The molecule has 0 saturated carbocycles. The van der Waals surface area contributed by atoms with Crippen molar-refractivity contribution in [2.75, 3.05) is 0 Å². The van der Waals surface area contributed by atoms with Gasteiger partial charge in [-0.2, -0.15) is 20.4 Å². The molecule has 0 aliphatic carbocycles. The molecule has 0 bridgehead atoms. The average molecular weight is 459 g/mol. The van der Waals surface area contributed by atoms with Crippen LogP contribution in [0, 0.1) is 0 Å². The molecule has 0 N–H and O–H groups in total. The second-order valence-electron chi connectivity index (χ2n) is 7.83. The molecule has 3 aliphatic rings. The van der Waals surface area contributed by atoms with Crippen LogP contribution in [0.2, 0.25) is 0 Å². The fourth-order valence-corrected chi connectivity index (χ4v) is 3.84. The van der Waals surface area contributed by atoms with Gasteiger partial charge in [0.2, 0.25) is 0 Å². The summed E-state index contributed by atoms with van der Waals surface area (Å²) in [6.07, 6.45) is 18.2. The monoisotopic (exact) mass is 458 g/mol. The van der Waals surface area contributed by atoms with Crippen LogP contribution in [0.4, 0.5) is 0 Å². The number of fused-ring (bicyclic) bond motifs is 4. The minimum absolute atomic E-state index is 0.884. The first-order valence-corrected chi connectivity index (χ1v) is 11.4. The summed E-state index contributed by atoms with van der Waals surface area (Å²) in [7, 11) is 0. The first kappa shape index (κ1) is 21.6. The van der Waals surface area contributed by atoms with Crippen LogP contribution < -0.4 is 0 Å². The largest absolute Gasteiger partial charge is 0.250 e. The summed E-state index contributed by atoms with van der Waals surface area (Å²) < 4.78 is 7.52. The number of hydrogen-bond acceptors (Lipinski definition) is 8. The molecule has 0 atom stereocenters. The fourth-order valence-electron chi connectivity index (χ4n) is 3.84. The molecular weight excluding hydrogens is 432 g/mol. The van der Waals surface area contributed by atoms with E-state index in [1.165, 1.54) is 25.6 Å². The highest BCUT2D eigenvalue weighted by molar-refractivity contribution is 5.42. The molecule has 0 amide bonds. The number of aromatic nitrogens is 12. The van der Waals surface area contributed by atoms with Crippen molar-refractivity contribution in [2.24, 2.45) is 0 Å². The van der Waals surface area contributed by atoms with Gasteiger partial charge in [0, 0.05) is 32.1 Å². The maximum Gasteiger partial charge on any atom is 0.155 e. The van der Waals surface area contributed by atoms with Gasteiger partial charge in [-0.25, -0.2) is 29.1 Å². The van der Waals surface area contributed by atoms with Gasteiger partial charge in [0.25, 0.3) is 0 Å². The van der Waals surface area contributed by atoms with Crippen molar-refractivity contribution >= 4 is 11.7 Å². The van der Waals surface area contributed by atoms with Crippen LogP contribution in [0.15, 0.2) is 55.8 Å². The van der Waals surface area contributed by atoms with E-state index in [-0.39, 0.29) is 0 Å². The zero-order chi connectivity index (χ0) is 23.0. The summed E-state index contributed by atoms with van der Waals surface area (Å²) in [5, 5.41) is 15.9. The van der Waals surface area contributed by atoms with Crippen molar-refractivity contribution < 1.29 is 0 Å². The third-order valence-electron chi connectivity index (χ3n) is 5.56. The molecule has 8 rings (SSSR count). The molecule has 8 heterocycles. The van der Waals surface area contributed by atoms with Crippen molar-refractivity contribution in [2.45, 2.75) is 51.7 Å². The number of nitrogens with zero attached hydrogens (tertiary/aromatic N) is 12. The van der Waals surface area contributed by atoms with Crippen molar-refractivity contribution in [1.29, 1.82) is 0 Å². The maximum absolute atomic E-state index is 4.11. The van der Waals surface area contributed by atoms with E-state index in [1.807, 2.05) is 50.6 Å². The van der Waals surface area contributed by atoms with Gasteiger partial charge in [0.15, 0.2) is 11.5 Å². The van der Waals surface area contributed by atoms with Gasteiger partial charge >= 0.3 is 0 Å². The minimum Gasteiger partial charge on any atom is -0.250 e. The number of rotatable bonds is 0. The summed E-state index contributed by atoms with van der Waals surface area (Å²) in [6.45, 7) is 3.01. The van der Waals surface area contributed by atoms with Gasteiger partial charge in [0.1, 0.15) is 37.0 Å². The molecule has 0 fully saturated rings. The van der Waals surface area contributed by atoms with Gasteiger partial charge in [0.05, 0.1) is 6.54 Å². The lowest BCUT2D eigenvalue weighted by Crippen LogP contribution is -2.11. The predicted molar refractivity (Wildman–Crippen MR) is 123 cm³/mol. The van der Waals surface area contributed by atoms with Crippen LogP contribution >= 0.6 is 0 Å². The van der Waals surface area contributed by atoms with Crippen LogP contribution in [0.25, 0.3) is 11.7 Å². The second-order valence-corrected chi connectivity index (χ2v) is 7.83. The van der Waals surface area contributed by atoms with E-state index in [2.05, 4.69) is 40.3 Å². The lowest BCUT2D eigenvalue weighted by molar-refractivity contribution is 0.479. The van der Waals surface area contributed by atoms with Gasteiger partial charge < -0.3 is 0 Å². The van der Waals surface area contributed by atoms with Crippen LogP contribution in [0.5, 0.6) is 0 Å². The smallest absolute Gasteiger partial charge is 0.155 e. The normalized spacial score (nSPS) is 14.6. The van der Waals surface area contributed by atoms with Crippen LogP contribution in [0.3, 0.4) is 0 Å². The molecule has 0 radical (unpaired) electrons. The molecular formula is C22H26N12. The third kappa shape index (κ3) is 5.22. The van der Waals surface area contributed by atoms with Gasteiger partial charge in [-0.15, -0.1) is 0 Å². The number of hydrogen-bond donors (Lipinski definition) is 0. The van der Waals surface area contributed by atoms with E-state index in [9.17, 15) is 0 Å². The van der Waals surface area contributed by atoms with Crippen LogP contribution in [0.1, 0.15) is 36.7 Å². The Morgan fingerprint density at radius 1 is 0.647 bits per heavy atom. The van der Waals surface area contributed by atoms with E-state index in [0.717, 1.165) is 55.6 Å². The third-order valence-corrected chi connectivity index (χ3v) is 5.56. The Morgan fingerprint density at radius 2 is 1.35 bits per heavy atom. The topological polar surface area (TPSA) is 122 Å². The van der Waals surface area contributed by atoms with E-state index in [4.69, 9.17) is 0 Å². The Hall–Kier alpha value is -4.22. The molecule has 0 spiro atoms. The minimum atomic E-state index is 0.884. The maximum atomic E-state index is 4.11. The zero-order valence-electron chi connectivity index (χ0n) is 18.8. The first-order chi connectivity index (χ1) is 16.9. The summed E-state index contributed by atoms with van der Waals surface area (Å²) in [5.74, 6) is 3.26. The highest BCUT2D eigenvalue weighted by Gasteiger charge is 2.10. The van der Waals surface area contributed by atoms with Crippen molar-refractivity contribution in [3.05, 3.63) is 73.3 Å². The Morgan fingerprint density at radius 3 is 2.12 bits per heavy atom. The Balaban J connectivity index is 0.0000000945. The lowest BCUT2D eigenvalue weighted by Gasteiger charge is -2.09. The molecule has 34 heavy (non-hydrogen) atoms. The fraction of sp³-hybridized carbons (Fsp3) is 0.364. The molecule has 0 saturated heterocycles. The molecule has 12 heteroatoms. The van der Waals surface area contributed by atoms with Gasteiger partial charge in [-0.1, -0.05) is 12.1 Å². The summed E-state index contributed by atoms with van der Waals surface area (Å²) in [5.41, 5.74) is 0.887. The second kappa shape index (κ2) is 10.6. The van der Waals surface area contributed by atoms with E-state index in [1.54, 1.807) is 23.5 Å².